The van der Waals surface area contributed by atoms with Gasteiger partial charge >= 0.3 is 0 Å². The molecule has 0 heterocycles. The average molecular weight is 204 g/mol. The molecule has 0 atom stereocenters. The van der Waals surface area contributed by atoms with Gasteiger partial charge in [-0.25, -0.2) is 0 Å². The highest BCUT2D eigenvalue weighted by Crippen LogP contribution is 2.19. The van der Waals surface area contributed by atoms with Gasteiger partial charge in [-0.15, -0.1) is 12.4 Å². The lowest BCUT2D eigenvalue weighted by molar-refractivity contribution is 0.410. The summed E-state index contributed by atoms with van der Waals surface area (Å²) in [5, 5.41) is 8.30. The fourth-order valence-corrected chi connectivity index (χ4v) is 0.911. The minimum atomic E-state index is -1.26. The minimum Gasteiger partial charge on any atom is -0.305 e. The molecule has 0 fully saturated rings. The summed E-state index contributed by atoms with van der Waals surface area (Å²) in [6.07, 6.45) is 0. The third-order valence-electron chi connectivity index (χ3n) is 0.678. The fraction of sp³-hybridized carbons (Fsp3) is 0.800. The maximum atomic E-state index is 8.30. The Morgan fingerprint density at radius 1 is 1.50 bits per heavy atom. The molecule has 0 bridgehead atoms. The smallest absolute Gasteiger partial charge is 0.215 e. The second-order valence-electron chi connectivity index (χ2n) is 2.05. The molecule has 0 unspecified atom stereocenters. The molecule has 0 saturated carbocycles. The molecular weight excluding hydrogens is 194 g/mol. The summed E-state index contributed by atoms with van der Waals surface area (Å²) < 4.78 is -1.26. The number of rotatable bonds is 2. The van der Waals surface area contributed by atoms with Crippen LogP contribution in [0, 0.1) is 11.3 Å². The molecule has 5 heteroatoms. The van der Waals surface area contributed by atoms with E-state index < -0.39 is 4.33 Å². The average Bonchev–Trinajstić information content (AvgIpc) is 1.63. The summed E-state index contributed by atoms with van der Waals surface area (Å²) in [5.41, 5.74) is 0. The van der Waals surface area contributed by atoms with Gasteiger partial charge in [0, 0.05) is 6.54 Å². The van der Waals surface area contributed by atoms with E-state index >= 15 is 0 Å². The van der Waals surface area contributed by atoms with E-state index in [9.17, 15) is 0 Å². The zero-order chi connectivity index (χ0) is 7.49. The highest BCUT2D eigenvalue weighted by Gasteiger charge is 2.23. The Balaban J connectivity index is 0. The molecule has 0 aliphatic heterocycles. The largest absolute Gasteiger partial charge is 0.305 e. The van der Waals surface area contributed by atoms with Crippen LogP contribution in [0.5, 0.6) is 0 Å². The van der Waals surface area contributed by atoms with Crippen molar-refractivity contribution in [1.29, 1.82) is 5.26 Å². The van der Waals surface area contributed by atoms with Crippen LogP contribution in [0.25, 0.3) is 0 Å². The molecule has 0 aliphatic carbocycles. The first-order valence-corrected chi connectivity index (χ1v) is 3.17. The van der Waals surface area contributed by atoms with Crippen molar-refractivity contribution < 1.29 is 0 Å². The Labute approximate surface area is 77.1 Å². The highest BCUT2D eigenvalue weighted by molar-refractivity contribution is 6.50. The van der Waals surface area contributed by atoms with Crippen molar-refractivity contribution in [3.63, 3.8) is 0 Å². The van der Waals surface area contributed by atoms with Crippen molar-refractivity contribution in [1.82, 2.24) is 4.90 Å². The maximum absolute atomic E-state index is 8.30. The molecule has 0 aromatic carbocycles. The summed E-state index contributed by atoms with van der Waals surface area (Å²) in [6, 6.07) is 1.76. The number of hydrogen-bond acceptors (Lipinski definition) is 2. The van der Waals surface area contributed by atoms with Gasteiger partial charge in [0.1, 0.15) is 6.07 Å². The molecule has 0 aromatic rings. The predicted octanol–water partition coefficient (Wildman–Crippen LogP) is 1.67. The monoisotopic (exact) mass is 202 g/mol. The van der Waals surface area contributed by atoms with Crippen LogP contribution in [0.1, 0.15) is 0 Å². The van der Waals surface area contributed by atoms with E-state index in [2.05, 4.69) is 0 Å². The summed E-state index contributed by atoms with van der Waals surface area (Å²) in [6.45, 7) is 0.354. The maximum Gasteiger partial charge on any atom is 0.215 e. The lowest BCUT2D eigenvalue weighted by Crippen LogP contribution is -2.28. The molecule has 0 aromatic heterocycles. The third-order valence-corrected chi connectivity index (χ3v) is 1.09. The minimum absolute atomic E-state index is 0. The van der Waals surface area contributed by atoms with E-state index in [1.165, 1.54) is 0 Å². The highest BCUT2D eigenvalue weighted by atomic mass is 35.5. The molecule has 0 rings (SSSR count). The Bertz CT molecular complexity index is 127. The second kappa shape index (κ2) is 5.03. The first-order chi connectivity index (χ1) is 3.98. The van der Waals surface area contributed by atoms with Crippen molar-refractivity contribution in [3.05, 3.63) is 0 Å². The Morgan fingerprint density at radius 2 is 1.90 bits per heavy atom. The molecule has 0 spiro atoms. The standard InChI is InChI=1S/C5H8Cl2N2.ClH/c1-9(2)4-5(6,7)3-8;/h4H2,1-2H3;1H. The number of nitriles is 1. The van der Waals surface area contributed by atoms with Gasteiger partial charge in [0.15, 0.2) is 0 Å². The van der Waals surface area contributed by atoms with Gasteiger partial charge in [0.2, 0.25) is 4.33 Å². The quantitative estimate of drug-likeness (QED) is 0.639. The summed E-state index contributed by atoms with van der Waals surface area (Å²) in [5.74, 6) is 0. The van der Waals surface area contributed by atoms with Crippen molar-refractivity contribution in [2.45, 2.75) is 4.33 Å². The lowest BCUT2D eigenvalue weighted by atomic mass is 10.4. The Morgan fingerprint density at radius 3 is 2.00 bits per heavy atom. The molecule has 0 amide bonds. The molecule has 0 N–H and O–H groups in total. The predicted molar refractivity (Wildman–Crippen MR) is 45.9 cm³/mol. The molecular formula is C5H9Cl3N2. The third kappa shape index (κ3) is 6.44. The van der Waals surface area contributed by atoms with Gasteiger partial charge < -0.3 is 4.90 Å². The fourth-order valence-electron chi connectivity index (χ4n) is 0.433. The SMILES string of the molecule is CN(C)CC(Cl)(Cl)C#N.Cl. The molecule has 10 heavy (non-hydrogen) atoms. The van der Waals surface area contributed by atoms with Gasteiger partial charge in [-0.1, -0.05) is 23.2 Å². The van der Waals surface area contributed by atoms with Crippen LogP contribution in [-0.2, 0) is 0 Å². The first-order valence-electron chi connectivity index (χ1n) is 2.42. The van der Waals surface area contributed by atoms with Gasteiger partial charge in [-0.2, -0.15) is 5.26 Å². The number of alkyl halides is 2. The van der Waals surface area contributed by atoms with Gasteiger partial charge in [-0.05, 0) is 14.1 Å². The summed E-state index contributed by atoms with van der Waals surface area (Å²) in [4.78, 5) is 1.75. The van der Waals surface area contributed by atoms with E-state index in [4.69, 9.17) is 28.5 Å². The second-order valence-corrected chi connectivity index (χ2v) is 3.54. The van der Waals surface area contributed by atoms with Gasteiger partial charge in [0.25, 0.3) is 0 Å². The van der Waals surface area contributed by atoms with Crippen LogP contribution < -0.4 is 0 Å². The van der Waals surface area contributed by atoms with Crippen LogP contribution in [0.2, 0.25) is 0 Å². The molecule has 0 saturated heterocycles. The van der Waals surface area contributed by atoms with Crippen molar-refractivity contribution in [2.24, 2.45) is 0 Å². The van der Waals surface area contributed by atoms with Crippen LogP contribution in [0.4, 0.5) is 0 Å². The molecule has 2 nitrogen and oxygen atoms in total. The first kappa shape index (κ1) is 12.9. The van der Waals surface area contributed by atoms with Crippen LogP contribution >= 0.6 is 35.6 Å². The Hall–Kier alpha value is 0.320. The summed E-state index contributed by atoms with van der Waals surface area (Å²) in [7, 11) is 3.60. The molecule has 0 radical (unpaired) electrons. The number of halogens is 3. The van der Waals surface area contributed by atoms with Crippen molar-refractivity contribution in [3.8, 4) is 6.07 Å². The number of hydrogen-bond donors (Lipinski definition) is 0. The zero-order valence-electron chi connectivity index (χ0n) is 5.77. The van der Waals surface area contributed by atoms with Crippen LogP contribution in [0.3, 0.4) is 0 Å². The lowest BCUT2D eigenvalue weighted by Gasteiger charge is -2.15. The normalized spacial score (nSPS) is 10.4. The zero-order valence-corrected chi connectivity index (χ0v) is 8.09. The number of nitrogens with zero attached hydrogens (tertiary/aromatic N) is 2. The topological polar surface area (TPSA) is 27.0 Å². The van der Waals surface area contributed by atoms with Crippen LogP contribution in [0.15, 0.2) is 0 Å². The van der Waals surface area contributed by atoms with Gasteiger partial charge in [0.05, 0.1) is 0 Å². The van der Waals surface area contributed by atoms with Crippen molar-refractivity contribution >= 4 is 35.6 Å². The van der Waals surface area contributed by atoms with Crippen molar-refractivity contribution in [2.75, 3.05) is 20.6 Å². The van der Waals surface area contributed by atoms with E-state index in [0.29, 0.717) is 6.54 Å². The molecule has 0 aliphatic rings. The van der Waals surface area contributed by atoms with Crippen LogP contribution in [-0.4, -0.2) is 29.9 Å². The summed E-state index contributed by atoms with van der Waals surface area (Å²) >= 11 is 11.0. The van der Waals surface area contributed by atoms with E-state index in [-0.39, 0.29) is 12.4 Å². The van der Waals surface area contributed by atoms with E-state index in [1.807, 2.05) is 0 Å². The van der Waals surface area contributed by atoms with E-state index in [1.54, 1.807) is 25.1 Å². The van der Waals surface area contributed by atoms with Gasteiger partial charge in [-0.3, -0.25) is 0 Å². The van der Waals surface area contributed by atoms with E-state index in [0.717, 1.165) is 0 Å². The Kier molecular flexibility index (Phi) is 6.52. The molecule has 60 valence electrons.